The molecule has 0 bridgehead atoms. The average Bonchev–Trinajstić information content (AvgIpc) is 2.98. The summed E-state index contributed by atoms with van der Waals surface area (Å²) in [5.74, 6) is -0.547. The molecule has 0 saturated carbocycles. The number of hydrogen-bond acceptors (Lipinski definition) is 7. The zero-order valence-corrected chi connectivity index (χ0v) is 15.2. The second-order valence-corrected chi connectivity index (χ2v) is 5.70. The molecule has 0 atom stereocenters. The number of ether oxygens (including phenoxy) is 2. The lowest BCUT2D eigenvalue weighted by Crippen LogP contribution is -2.15. The van der Waals surface area contributed by atoms with Gasteiger partial charge in [-0.05, 0) is 35.0 Å². The van der Waals surface area contributed by atoms with Crippen molar-refractivity contribution in [2.24, 2.45) is 0 Å². The van der Waals surface area contributed by atoms with Crippen LogP contribution in [0.3, 0.4) is 0 Å². The molecule has 3 aromatic heterocycles. The minimum Gasteiger partial charge on any atom is -0.464 e. The van der Waals surface area contributed by atoms with E-state index in [0.717, 1.165) is 0 Å². The van der Waals surface area contributed by atoms with Crippen molar-refractivity contribution in [2.45, 2.75) is 6.92 Å². The first-order chi connectivity index (χ1) is 12.6. The Kier molecular flexibility index (Phi) is 5.52. The van der Waals surface area contributed by atoms with Crippen molar-refractivity contribution in [2.75, 3.05) is 13.2 Å². The molecule has 0 saturated heterocycles. The zero-order chi connectivity index (χ0) is 18.5. The zero-order valence-electron chi connectivity index (χ0n) is 13.6. The number of rotatable bonds is 6. The summed E-state index contributed by atoms with van der Waals surface area (Å²) in [6, 6.07) is 2.78. The van der Waals surface area contributed by atoms with Crippen LogP contribution in [0.25, 0.3) is 17.1 Å². The van der Waals surface area contributed by atoms with Crippen LogP contribution in [0.1, 0.15) is 6.92 Å². The van der Waals surface area contributed by atoms with Crippen LogP contribution in [0.4, 0.5) is 4.39 Å². The van der Waals surface area contributed by atoms with Crippen molar-refractivity contribution in [3.05, 3.63) is 47.3 Å². The average molecular weight is 422 g/mol. The summed E-state index contributed by atoms with van der Waals surface area (Å²) in [6.07, 6.45) is 5.91. The summed E-state index contributed by atoms with van der Waals surface area (Å²) < 4.78 is 25.4. The molecule has 3 aromatic rings. The van der Waals surface area contributed by atoms with E-state index in [2.05, 4.69) is 36.0 Å². The number of carbonyl (C=O) groups excluding carboxylic acids is 1. The molecule has 10 heteroatoms. The standard InChI is InChI=1S/C16H13BrFN5O3/c1-2-25-13(24)9-26-16-14(17)15(10-3-4-11(18)21-7-10)23(22-16)12-8-19-5-6-20-12/h3-8H,2,9H2,1H3. The largest absolute Gasteiger partial charge is 0.464 e. The number of esters is 1. The van der Waals surface area contributed by atoms with E-state index in [9.17, 15) is 9.18 Å². The second kappa shape index (κ2) is 8.00. The molecule has 26 heavy (non-hydrogen) atoms. The van der Waals surface area contributed by atoms with Crippen LogP contribution < -0.4 is 4.74 Å². The van der Waals surface area contributed by atoms with Gasteiger partial charge in [-0.1, -0.05) is 0 Å². The fourth-order valence-corrected chi connectivity index (χ4v) is 2.72. The molecule has 0 aromatic carbocycles. The normalized spacial score (nSPS) is 10.6. The number of aromatic nitrogens is 5. The summed E-state index contributed by atoms with van der Waals surface area (Å²) in [4.78, 5) is 23.4. The van der Waals surface area contributed by atoms with E-state index in [1.807, 2.05) is 0 Å². The molecule has 0 amide bonds. The van der Waals surface area contributed by atoms with Crippen molar-refractivity contribution in [3.63, 3.8) is 0 Å². The third-order valence-corrected chi connectivity index (χ3v) is 3.91. The Labute approximate surface area is 156 Å². The highest BCUT2D eigenvalue weighted by Gasteiger charge is 2.22. The van der Waals surface area contributed by atoms with Gasteiger partial charge in [0.25, 0.3) is 0 Å². The predicted octanol–water partition coefficient (Wildman–Crippen LogP) is 2.57. The molecule has 0 radical (unpaired) electrons. The smallest absolute Gasteiger partial charge is 0.344 e. The highest BCUT2D eigenvalue weighted by molar-refractivity contribution is 9.10. The number of carbonyl (C=O) groups is 1. The van der Waals surface area contributed by atoms with E-state index in [1.54, 1.807) is 13.0 Å². The van der Waals surface area contributed by atoms with Crippen molar-refractivity contribution >= 4 is 21.9 Å². The van der Waals surface area contributed by atoms with Gasteiger partial charge in [0.15, 0.2) is 12.4 Å². The quantitative estimate of drug-likeness (QED) is 0.445. The second-order valence-electron chi connectivity index (χ2n) is 4.91. The van der Waals surface area contributed by atoms with Crippen LogP contribution in [0.2, 0.25) is 0 Å². The van der Waals surface area contributed by atoms with Gasteiger partial charge in [0.1, 0.15) is 4.47 Å². The molecule has 0 N–H and O–H groups in total. The van der Waals surface area contributed by atoms with Gasteiger partial charge < -0.3 is 9.47 Å². The SMILES string of the molecule is CCOC(=O)COc1nn(-c2cnccn2)c(-c2ccc(F)nc2)c1Br. The molecule has 0 aliphatic carbocycles. The van der Waals surface area contributed by atoms with Gasteiger partial charge in [0.05, 0.1) is 18.5 Å². The topological polar surface area (TPSA) is 92.0 Å². The van der Waals surface area contributed by atoms with Gasteiger partial charge in [-0.2, -0.15) is 4.39 Å². The Bertz CT molecular complexity index is 902. The molecule has 0 spiro atoms. The fourth-order valence-electron chi connectivity index (χ4n) is 2.13. The number of pyridine rings is 1. The molecule has 134 valence electrons. The van der Waals surface area contributed by atoms with Crippen molar-refractivity contribution in [1.82, 2.24) is 24.7 Å². The van der Waals surface area contributed by atoms with Gasteiger partial charge in [-0.15, -0.1) is 5.10 Å². The molecule has 3 heterocycles. The highest BCUT2D eigenvalue weighted by atomic mass is 79.9. The summed E-state index contributed by atoms with van der Waals surface area (Å²) in [6.45, 7) is 1.66. The van der Waals surface area contributed by atoms with Crippen LogP contribution >= 0.6 is 15.9 Å². The molecule has 0 aliphatic rings. The van der Waals surface area contributed by atoms with Gasteiger partial charge in [-0.3, -0.25) is 4.98 Å². The summed E-state index contributed by atoms with van der Waals surface area (Å²) in [5.41, 5.74) is 1.10. The molecule has 0 aliphatic heterocycles. The Hall–Kier alpha value is -2.88. The van der Waals surface area contributed by atoms with Crippen molar-refractivity contribution < 1.29 is 18.7 Å². The first-order valence-corrected chi connectivity index (χ1v) is 8.34. The van der Waals surface area contributed by atoms with E-state index in [4.69, 9.17) is 9.47 Å². The highest BCUT2D eigenvalue weighted by Crippen LogP contribution is 2.36. The minimum atomic E-state index is -0.603. The summed E-state index contributed by atoms with van der Waals surface area (Å²) in [7, 11) is 0. The van der Waals surface area contributed by atoms with Crippen molar-refractivity contribution in [3.8, 4) is 23.0 Å². The monoisotopic (exact) mass is 421 g/mol. The summed E-state index contributed by atoms with van der Waals surface area (Å²) in [5, 5.41) is 4.33. The summed E-state index contributed by atoms with van der Waals surface area (Å²) >= 11 is 3.41. The van der Waals surface area contributed by atoms with Gasteiger partial charge in [0, 0.05) is 24.2 Å². The van der Waals surface area contributed by atoms with E-state index in [1.165, 1.54) is 35.5 Å². The first-order valence-electron chi connectivity index (χ1n) is 7.55. The van der Waals surface area contributed by atoms with Crippen LogP contribution in [0, 0.1) is 5.95 Å². The lowest BCUT2D eigenvalue weighted by molar-refractivity contribution is -0.145. The maximum Gasteiger partial charge on any atom is 0.344 e. The lowest BCUT2D eigenvalue weighted by Gasteiger charge is -2.05. The van der Waals surface area contributed by atoms with Gasteiger partial charge in [0.2, 0.25) is 11.8 Å². The maximum atomic E-state index is 13.2. The molecular weight excluding hydrogens is 409 g/mol. The number of hydrogen-bond donors (Lipinski definition) is 0. The van der Waals surface area contributed by atoms with E-state index < -0.39 is 11.9 Å². The van der Waals surface area contributed by atoms with Gasteiger partial charge >= 0.3 is 5.97 Å². The number of nitrogens with zero attached hydrogens (tertiary/aromatic N) is 5. The third-order valence-electron chi connectivity index (χ3n) is 3.20. The molecule has 3 rings (SSSR count). The fraction of sp³-hybridized carbons (Fsp3) is 0.188. The van der Waals surface area contributed by atoms with Crippen LogP contribution in [-0.4, -0.2) is 43.9 Å². The first kappa shape index (κ1) is 17.9. The Morgan fingerprint density at radius 3 is 2.77 bits per heavy atom. The molecule has 0 unspecified atom stereocenters. The van der Waals surface area contributed by atoms with Crippen LogP contribution in [-0.2, 0) is 9.53 Å². The van der Waals surface area contributed by atoms with E-state index in [0.29, 0.717) is 21.5 Å². The molecular formula is C16H13BrFN5O3. The van der Waals surface area contributed by atoms with Gasteiger partial charge in [-0.25, -0.2) is 19.4 Å². The number of halogens is 2. The van der Waals surface area contributed by atoms with E-state index in [-0.39, 0.29) is 19.1 Å². The minimum absolute atomic E-state index is 0.156. The predicted molar refractivity (Wildman–Crippen MR) is 92.2 cm³/mol. The maximum absolute atomic E-state index is 13.2. The van der Waals surface area contributed by atoms with Crippen LogP contribution in [0.5, 0.6) is 5.88 Å². The Morgan fingerprint density at radius 2 is 2.12 bits per heavy atom. The van der Waals surface area contributed by atoms with Crippen molar-refractivity contribution in [1.29, 1.82) is 0 Å². The Morgan fingerprint density at radius 1 is 1.27 bits per heavy atom. The Balaban J connectivity index is 2.03. The molecule has 8 nitrogen and oxygen atoms in total. The van der Waals surface area contributed by atoms with E-state index >= 15 is 0 Å². The van der Waals surface area contributed by atoms with Crippen LogP contribution in [0.15, 0.2) is 41.4 Å². The molecule has 0 fully saturated rings. The third kappa shape index (κ3) is 3.85. The lowest BCUT2D eigenvalue weighted by atomic mass is 10.2.